The highest BCUT2D eigenvalue weighted by molar-refractivity contribution is 5.76. The Kier molecular flexibility index (Phi) is 6.65. The van der Waals surface area contributed by atoms with Gasteiger partial charge in [0.25, 0.3) is 0 Å². The topological polar surface area (TPSA) is 71.3 Å². The van der Waals surface area contributed by atoms with Crippen LogP contribution < -0.4 is 5.32 Å². The Morgan fingerprint density at radius 2 is 1.94 bits per heavy atom. The number of aromatic nitrogens is 2. The fourth-order valence-corrected chi connectivity index (χ4v) is 3.95. The molecule has 2 aromatic carbocycles. The van der Waals surface area contributed by atoms with E-state index in [2.05, 4.69) is 53.6 Å². The van der Waals surface area contributed by atoms with Crippen LogP contribution >= 0.6 is 0 Å². The van der Waals surface area contributed by atoms with Gasteiger partial charge in [0.15, 0.2) is 0 Å². The van der Waals surface area contributed by atoms with Crippen molar-refractivity contribution in [1.82, 2.24) is 15.0 Å². The van der Waals surface area contributed by atoms with Crippen LogP contribution in [-0.2, 0) is 11.2 Å². The number of hydrogen-bond acceptors (Lipinski definition) is 5. The van der Waals surface area contributed by atoms with Crippen LogP contribution in [0.15, 0.2) is 59.1 Å². The van der Waals surface area contributed by atoms with Crippen molar-refractivity contribution in [3.05, 3.63) is 66.1 Å². The maximum atomic E-state index is 12.8. The minimum Gasteiger partial charge on any atom is -0.381 e. The van der Waals surface area contributed by atoms with Gasteiger partial charge in [0.05, 0.1) is 0 Å². The third kappa shape index (κ3) is 5.51. The first kappa shape index (κ1) is 21.1. The molecule has 1 fully saturated rings. The molecule has 6 nitrogen and oxygen atoms in total. The molecule has 1 amide bonds. The zero-order valence-electron chi connectivity index (χ0n) is 18.3. The van der Waals surface area contributed by atoms with E-state index in [9.17, 15) is 4.79 Å². The molecule has 0 aliphatic carbocycles. The van der Waals surface area contributed by atoms with E-state index in [1.807, 2.05) is 35.2 Å². The quantitative estimate of drug-likeness (QED) is 0.591. The van der Waals surface area contributed by atoms with Crippen LogP contribution in [0.2, 0.25) is 0 Å². The second kappa shape index (κ2) is 9.77. The Labute approximate surface area is 183 Å². The van der Waals surface area contributed by atoms with E-state index in [0.717, 1.165) is 37.2 Å². The Morgan fingerprint density at radius 1 is 1.16 bits per heavy atom. The van der Waals surface area contributed by atoms with Gasteiger partial charge < -0.3 is 14.7 Å². The van der Waals surface area contributed by atoms with Crippen molar-refractivity contribution < 1.29 is 9.32 Å². The van der Waals surface area contributed by atoms with Gasteiger partial charge in [-0.3, -0.25) is 4.79 Å². The van der Waals surface area contributed by atoms with Crippen molar-refractivity contribution in [3.63, 3.8) is 0 Å². The number of nitrogens with one attached hydrogen (secondary N) is 1. The predicted molar refractivity (Wildman–Crippen MR) is 122 cm³/mol. The molecule has 0 bridgehead atoms. The fourth-order valence-electron chi connectivity index (χ4n) is 3.95. The largest absolute Gasteiger partial charge is 0.381 e. The van der Waals surface area contributed by atoms with Gasteiger partial charge in [0, 0.05) is 43.2 Å². The van der Waals surface area contributed by atoms with E-state index in [4.69, 9.17) is 4.52 Å². The zero-order valence-corrected chi connectivity index (χ0v) is 18.3. The van der Waals surface area contributed by atoms with Gasteiger partial charge >= 0.3 is 0 Å². The molecule has 6 heteroatoms. The molecule has 4 rings (SSSR count). The predicted octanol–water partition coefficient (Wildman–Crippen LogP) is 4.90. The number of aryl methyl sites for hydroxylation is 1. The summed E-state index contributed by atoms with van der Waals surface area (Å²) in [5, 5.41) is 7.62. The van der Waals surface area contributed by atoms with Gasteiger partial charge in [-0.15, -0.1) is 0 Å². The van der Waals surface area contributed by atoms with Crippen molar-refractivity contribution in [2.45, 2.75) is 51.5 Å². The molecule has 31 heavy (non-hydrogen) atoms. The van der Waals surface area contributed by atoms with Gasteiger partial charge in [-0.25, -0.2) is 0 Å². The number of amides is 1. The average Bonchev–Trinajstić information content (AvgIpc) is 3.28. The summed E-state index contributed by atoms with van der Waals surface area (Å²) in [6.07, 6.45) is 2.92. The number of benzene rings is 2. The first-order chi connectivity index (χ1) is 15.1. The van der Waals surface area contributed by atoms with Gasteiger partial charge in [-0.05, 0) is 36.5 Å². The Balaban J connectivity index is 1.28. The summed E-state index contributed by atoms with van der Waals surface area (Å²) in [5.41, 5.74) is 3.36. The molecule has 1 atom stereocenters. The molecular formula is C25H30N4O2. The van der Waals surface area contributed by atoms with E-state index in [0.29, 0.717) is 30.5 Å². The molecular weight excluding hydrogens is 388 g/mol. The zero-order chi connectivity index (χ0) is 21.6. The smallest absolute Gasteiger partial charge is 0.227 e. The first-order valence-corrected chi connectivity index (χ1v) is 11.1. The normalized spacial score (nSPS) is 16.5. The van der Waals surface area contributed by atoms with Crippen LogP contribution in [0.25, 0.3) is 11.4 Å². The second-order valence-corrected chi connectivity index (χ2v) is 8.48. The van der Waals surface area contributed by atoms with Crippen LogP contribution in [0.3, 0.4) is 0 Å². The van der Waals surface area contributed by atoms with Crippen LogP contribution in [0.4, 0.5) is 5.69 Å². The fraction of sp³-hybridized carbons (Fsp3) is 0.400. The number of nitrogens with zero attached hydrogens (tertiary/aromatic N) is 3. The van der Waals surface area contributed by atoms with E-state index in [1.165, 1.54) is 5.56 Å². The Bertz CT molecular complexity index is 982. The number of likely N-dealkylation sites (tertiary alicyclic amines) is 1. The number of piperidine rings is 1. The summed E-state index contributed by atoms with van der Waals surface area (Å²) in [6.45, 7) is 5.93. The summed E-state index contributed by atoms with van der Waals surface area (Å²) in [6, 6.07) is 18.6. The SMILES string of the molecule is CC(C)c1ccc(NC2CCCN(C(=O)CCc3nc(-c4ccccc4)no3)C2)cc1. The van der Waals surface area contributed by atoms with Gasteiger partial charge in [0.2, 0.25) is 17.6 Å². The number of carbonyl (C=O) groups is 1. The standard InChI is InChI=1S/C25H30N4O2/c1-18(2)19-10-12-21(13-11-19)26-22-9-6-16-29(17-22)24(30)15-14-23-27-25(28-31-23)20-7-4-3-5-8-20/h3-5,7-8,10-13,18,22,26H,6,9,14-17H2,1-2H3. The van der Waals surface area contributed by atoms with E-state index in [1.54, 1.807) is 0 Å². The maximum Gasteiger partial charge on any atom is 0.227 e. The molecule has 0 spiro atoms. The van der Waals surface area contributed by atoms with E-state index < -0.39 is 0 Å². The van der Waals surface area contributed by atoms with Gasteiger partial charge in [0.1, 0.15) is 0 Å². The molecule has 1 aromatic heterocycles. The van der Waals surface area contributed by atoms with Crippen molar-refractivity contribution in [2.24, 2.45) is 0 Å². The van der Waals surface area contributed by atoms with Gasteiger partial charge in [-0.2, -0.15) is 4.98 Å². The van der Waals surface area contributed by atoms with Crippen molar-refractivity contribution in [1.29, 1.82) is 0 Å². The van der Waals surface area contributed by atoms with Crippen molar-refractivity contribution in [2.75, 3.05) is 18.4 Å². The molecule has 1 N–H and O–H groups in total. The van der Waals surface area contributed by atoms with Crippen LogP contribution in [-0.4, -0.2) is 40.1 Å². The van der Waals surface area contributed by atoms with Crippen molar-refractivity contribution in [3.8, 4) is 11.4 Å². The lowest BCUT2D eigenvalue weighted by Gasteiger charge is -2.33. The lowest BCUT2D eigenvalue weighted by atomic mass is 10.0. The third-order valence-electron chi connectivity index (χ3n) is 5.78. The van der Waals surface area contributed by atoms with Crippen LogP contribution in [0.1, 0.15) is 50.5 Å². The molecule has 162 valence electrons. The number of carbonyl (C=O) groups excluding carboxylic acids is 1. The molecule has 1 saturated heterocycles. The Morgan fingerprint density at radius 3 is 2.68 bits per heavy atom. The molecule has 3 aromatic rings. The lowest BCUT2D eigenvalue weighted by Crippen LogP contribution is -2.45. The molecule has 1 aliphatic rings. The molecule has 1 unspecified atom stereocenters. The first-order valence-electron chi connectivity index (χ1n) is 11.1. The summed E-state index contributed by atoms with van der Waals surface area (Å²) in [5.74, 6) is 1.73. The second-order valence-electron chi connectivity index (χ2n) is 8.48. The number of anilines is 1. The highest BCUT2D eigenvalue weighted by Crippen LogP contribution is 2.21. The van der Waals surface area contributed by atoms with Crippen LogP contribution in [0.5, 0.6) is 0 Å². The molecule has 0 saturated carbocycles. The third-order valence-corrected chi connectivity index (χ3v) is 5.78. The summed E-state index contributed by atoms with van der Waals surface area (Å²) >= 11 is 0. The minimum atomic E-state index is 0.140. The minimum absolute atomic E-state index is 0.140. The highest BCUT2D eigenvalue weighted by Gasteiger charge is 2.24. The summed E-state index contributed by atoms with van der Waals surface area (Å²) < 4.78 is 5.34. The van der Waals surface area contributed by atoms with Gasteiger partial charge in [-0.1, -0.05) is 61.5 Å². The number of rotatable bonds is 7. The Hall–Kier alpha value is -3.15. The van der Waals surface area contributed by atoms with E-state index >= 15 is 0 Å². The summed E-state index contributed by atoms with van der Waals surface area (Å²) in [4.78, 5) is 19.2. The van der Waals surface area contributed by atoms with Crippen LogP contribution in [0, 0.1) is 0 Å². The van der Waals surface area contributed by atoms with Crippen molar-refractivity contribution >= 4 is 11.6 Å². The summed E-state index contributed by atoms with van der Waals surface area (Å²) in [7, 11) is 0. The highest BCUT2D eigenvalue weighted by atomic mass is 16.5. The number of hydrogen-bond donors (Lipinski definition) is 1. The monoisotopic (exact) mass is 418 g/mol. The molecule has 2 heterocycles. The average molecular weight is 419 g/mol. The molecule has 0 radical (unpaired) electrons. The maximum absolute atomic E-state index is 12.8. The molecule has 1 aliphatic heterocycles. The van der Waals surface area contributed by atoms with E-state index in [-0.39, 0.29) is 11.9 Å². The lowest BCUT2D eigenvalue weighted by molar-refractivity contribution is -0.132.